The van der Waals surface area contributed by atoms with Gasteiger partial charge in [0.25, 0.3) is 0 Å². The monoisotopic (exact) mass is 300 g/mol. The average Bonchev–Trinajstić information content (AvgIpc) is 2.72. The zero-order chi connectivity index (χ0) is 14.0. The smallest absolute Gasteiger partial charge is 0.238 e. The third-order valence-electron chi connectivity index (χ3n) is 2.68. The molecule has 2 aromatic rings. The van der Waals surface area contributed by atoms with Gasteiger partial charge in [0.05, 0.1) is 10.6 Å². The van der Waals surface area contributed by atoms with E-state index in [1.807, 2.05) is 18.4 Å². The van der Waals surface area contributed by atoms with E-state index in [-0.39, 0.29) is 10.6 Å². The number of nitrogens with one attached hydrogen (secondary N) is 1. The Labute approximate surface area is 115 Å². The number of sulfonamides is 1. The van der Waals surface area contributed by atoms with Crippen molar-refractivity contribution >= 4 is 27.0 Å². The van der Waals surface area contributed by atoms with Crippen molar-refractivity contribution in [2.24, 2.45) is 5.14 Å². The summed E-state index contributed by atoms with van der Waals surface area (Å²) in [6.07, 6.45) is 0. The first-order chi connectivity index (χ1) is 8.88. The lowest BCUT2D eigenvalue weighted by atomic mass is 10.2. The van der Waals surface area contributed by atoms with Crippen LogP contribution in [0.4, 0.5) is 10.1 Å². The van der Waals surface area contributed by atoms with Gasteiger partial charge in [0.1, 0.15) is 5.82 Å². The summed E-state index contributed by atoms with van der Waals surface area (Å²) in [6.45, 7) is 2.48. The molecule has 7 heteroatoms. The summed E-state index contributed by atoms with van der Waals surface area (Å²) >= 11 is 1.58. The summed E-state index contributed by atoms with van der Waals surface area (Å²) in [4.78, 5) is 0.873. The first-order valence-corrected chi connectivity index (χ1v) is 7.90. The van der Waals surface area contributed by atoms with Crippen LogP contribution in [0.2, 0.25) is 0 Å². The third-order valence-corrected chi connectivity index (χ3v) is 4.61. The average molecular weight is 300 g/mol. The number of rotatable bonds is 4. The molecular formula is C12H13FN2O2S2. The van der Waals surface area contributed by atoms with Crippen molar-refractivity contribution in [3.63, 3.8) is 0 Å². The molecule has 0 spiro atoms. The predicted molar refractivity (Wildman–Crippen MR) is 74.2 cm³/mol. The van der Waals surface area contributed by atoms with Gasteiger partial charge >= 0.3 is 0 Å². The summed E-state index contributed by atoms with van der Waals surface area (Å²) in [6, 6.07) is 5.56. The van der Waals surface area contributed by atoms with Crippen LogP contribution in [0.15, 0.2) is 34.5 Å². The normalized spacial score (nSPS) is 11.5. The van der Waals surface area contributed by atoms with Gasteiger partial charge < -0.3 is 5.32 Å². The van der Waals surface area contributed by atoms with Gasteiger partial charge in [-0.05, 0) is 42.1 Å². The molecule has 0 fully saturated rings. The van der Waals surface area contributed by atoms with Gasteiger partial charge in [-0.2, -0.15) is 0 Å². The molecule has 19 heavy (non-hydrogen) atoms. The van der Waals surface area contributed by atoms with E-state index < -0.39 is 15.8 Å². The maximum absolute atomic E-state index is 13.7. The molecule has 2 rings (SSSR count). The van der Waals surface area contributed by atoms with Crippen molar-refractivity contribution in [1.29, 1.82) is 0 Å². The van der Waals surface area contributed by atoms with Crippen molar-refractivity contribution in [3.05, 3.63) is 45.9 Å². The Bertz CT molecular complexity index is 696. The standard InChI is InChI=1S/C12H13FN2O2S2/c1-8-4-5-18-12(8)7-15-11-3-2-9(6-10(11)13)19(14,16)17/h2-6,15H,7H2,1H3,(H2,14,16,17). The minimum Gasteiger partial charge on any atom is -0.378 e. The first-order valence-electron chi connectivity index (χ1n) is 5.47. The molecule has 0 aliphatic carbocycles. The van der Waals surface area contributed by atoms with E-state index in [1.165, 1.54) is 12.1 Å². The molecule has 1 heterocycles. The lowest BCUT2D eigenvalue weighted by Crippen LogP contribution is -2.12. The van der Waals surface area contributed by atoms with Gasteiger partial charge in [0.15, 0.2) is 0 Å². The second-order valence-electron chi connectivity index (χ2n) is 4.07. The van der Waals surface area contributed by atoms with Crippen molar-refractivity contribution in [3.8, 4) is 0 Å². The Hall–Kier alpha value is -1.44. The van der Waals surface area contributed by atoms with Gasteiger partial charge in [-0.25, -0.2) is 17.9 Å². The Morgan fingerprint density at radius 3 is 2.63 bits per heavy atom. The molecule has 0 atom stereocenters. The molecule has 0 saturated heterocycles. The summed E-state index contributed by atoms with van der Waals surface area (Å²) < 4.78 is 35.9. The number of nitrogens with two attached hydrogens (primary N) is 1. The van der Waals surface area contributed by atoms with Crippen LogP contribution in [0.25, 0.3) is 0 Å². The van der Waals surface area contributed by atoms with E-state index in [0.717, 1.165) is 16.5 Å². The quantitative estimate of drug-likeness (QED) is 0.911. The maximum atomic E-state index is 13.7. The Kier molecular flexibility index (Phi) is 3.88. The van der Waals surface area contributed by atoms with E-state index in [1.54, 1.807) is 11.3 Å². The van der Waals surface area contributed by atoms with Crippen molar-refractivity contribution in [2.45, 2.75) is 18.4 Å². The SMILES string of the molecule is Cc1ccsc1CNc1ccc(S(N)(=O)=O)cc1F. The number of hydrogen-bond acceptors (Lipinski definition) is 4. The zero-order valence-corrected chi connectivity index (χ0v) is 11.8. The zero-order valence-electron chi connectivity index (χ0n) is 10.2. The molecule has 0 aliphatic rings. The third kappa shape index (κ3) is 3.31. The summed E-state index contributed by atoms with van der Waals surface area (Å²) in [5, 5.41) is 9.83. The van der Waals surface area contributed by atoms with E-state index in [4.69, 9.17) is 5.14 Å². The number of halogens is 1. The molecule has 0 radical (unpaired) electrons. The molecule has 1 aromatic heterocycles. The first kappa shape index (κ1) is 14.0. The van der Waals surface area contributed by atoms with Crippen LogP contribution in [0.5, 0.6) is 0 Å². The molecule has 102 valence electrons. The van der Waals surface area contributed by atoms with E-state index in [2.05, 4.69) is 5.32 Å². The number of benzene rings is 1. The summed E-state index contributed by atoms with van der Waals surface area (Å²) in [7, 11) is -3.87. The van der Waals surface area contributed by atoms with Gasteiger partial charge in [-0.1, -0.05) is 0 Å². The Balaban J connectivity index is 2.16. The minimum absolute atomic E-state index is 0.233. The molecule has 4 nitrogen and oxygen atoms in total. The van der Waals surface area contributed by atoms with Crippen molar-refractivity contribution < 1.29 is 12.8 Å². The van der Waals surface area contributed by atoms with Gasteiger partial charge in [-0.15, -0.1) is 11.3 Å². The highest BCUT2D eigenvalue weighted by Gasteiger charge is 2.11. The topological polar surface area (TPSA) is 72.2 Å². The number of hydrogen-bond donors (Lipinski definition) is 2. The highest BCUT2D eigenvalue weighted by atomic mass is 32.2. The van der Waals surface area contributed by atoms with Crippen molar-refractivity contribution in [2.75, 3.05) is 5.32 Å². The summed E-state index contributed by atoms with van der Waals surface area (Å²) in [5.74, 6) is -0.638. The highest BCUT2D eigenvalue weighted by molar-refractivity contribution is 7.89. The summed E-state index contributed by atoms with van der Waals surface area (Å²) in [5.41, 5.74) is 1.39. The molecule has 0 bridgehead atoms. The van der Waals surface area contributed by atoms with Crippen LogP contribution in [0.3, 0.4) is 0 Å². The lowest BCUT2D eigenvalue weighted by molar-refractivity contribution is 0.593. The van der Waals surface area contributed by atoms with Crippen LogP contribution in [-0.4, -0.2) is 8.42 Å². The van der Waals surface area contributed by atoms with Gasteiger partial charge in [-0.3, -0.25) is 0 Å². The Morgan fingerprint density at radius 2 is 2.11 bits per heavy atom. The van der Waals surface area contributed by atoms with Crippen LogP contribution in [0, 0.1) is 12.7 Å². The fraction of sp³-hybridized carbons (Fsp3) is 0.167. The van der Waals surface area contributed by atoms with Crippen LogP contribution >= 0.6 is 11.3 Å². The molecule has 1 aromatic carbocycles. The number of primary sulfonamides is 1. The number of thiophene rings is 1. The van der Waals surface area contributed by atoms with Crippen LogP contribution in [0.1, 0.15) is 10.4 Å². The second kappa shape index (κ2) is 5.28. The molecule has 0 saturated carbocycles. The Morgan fingerprint density at radius 1 is 1.37 bits per heavy atom. The predicted octanol–water partition coefficient (Wildman–Crippen LogP) is 2.46. The van der Waals surface area contributed by atoms with E-state index in [9.17, 15) is 12.8 Å². The molecular weight excluding hydrogens is 287 g/mol. The van der Waals surface area contributed by atoms with Gasteiger partial charge in [0.2, 0.25) is 10.0 Å². The number of aryl methyl sites for hydroxylation is 1. The second-order valence-corrected chi connectivity index (χ2v) is 6.63. The molecule has 0 aliphatic heterocycles. The van der Waals surface area contributed by atoms with Gasteiger partial charge in [0, 0.05) is 11.4 Å². The maximum Gasteiger partial charge on any atom is 0.238 e. The van der Waals surface area contributed by atoms with Crippen LogP contribution in [-0.2, 0) is 16.6 Å². The lowest BCUT2D eigenvalue weighted by Gasteiger charge is -2.08. The van der Waals surface area contributed by atoms with Crippen LogP contribution < -0.4 is 10.5 Å². The largest absolute Gasteiger partial charge is 0.378 e. The minimum atomic E-state index is -3.87. The molecule has 3 N–H and O–H groups in total. The number of anilines is 1. The van der Waals surface area contributed by atoms with E-state index >= 15 is 0 Å². The molecule has 0 unspecified atom stereocenters. The highest BCUT2D eigenvalue weighted by Crippen LogP contribution is 2.21. The fourth-order valence-corrected chi connectivity index (χ4v) is 2.95. The van der Waals surface area contributed by atoms with Crippen molar-refractivity contribution in [1.82, 2.24) is 0 Å². The van der Waals surface area contributed by atoms with E-state index in [0.29, 0.717) is 6.54 Å². The molecule has 0 amide bonds. The fourth-order valence-electron chi connectivity index (χ4n) is 1.58.